The first-order valence-corrected chi connectivity index (χ1v) is 4.28. The summed E-state index contributed by atoms with van der Waals surface area (Å²) in [6.07, 6.45) is 3.75. The van der Waals surface area contributed by atoms with E-state index in [-0.39, 0.29) is 18.4 Å². The number of rotatable bonds is 0. The predicted octanol–water partition coefficient (Wildman–Crippen LogP) is -1.27. The lowest BCUT2D eigenvalue weighted by Gasteiger charge is -2.38. The van der Waals surface area contributed by atoms with Gasteiger partial charge in [-0.2, -0.15) is 5.10 Å². The van der Waals surface area contributed by atoms with Crippen LogP contribution in [-0.4, -0.2) is 34.7 Å². The van der Waals surface area contributed by atoms with Crippen LogP contribution in [-0.2, 0) is 0 Å². The average molecular weight is 182 g/mol. The Bertz CT molecular complexity index is 278. The molecule has 7 nitrogen and oxygen atoms in total. The third-order valence-corrected chi connectivity index (χ3v) is 2.53. The van der Waals surface area contributed by atoms with E-state index in [4.69, 9.17) is 0 Å². The summed E-state index contributed by atoms with van der Waals surface area (Å²) in [5.41, 5.74) is 8.43. The van der Waals surface area contributed by atoms with Gasteiger partial charge < -0.3 is 0 Å². The molecule has 0 aliphatic carbocycles. The van der Waals surface area contributed by atoms with E-state index >= 15 is 0 Å². The second-order valence-electron chi connectivity index (χ2n) is 3.28. The molecule has 2 atom stereocenters. The highest BCUT2D eigenvalue weighted by atomic mass is 16.2. The molecule has 0 radical (unpaired) electrons. The average Bonchev–Trinajstić information content (AvgIpc) is 2.70. The Morgan fingerprint density at radius 1 is 1.46 bits per heavy atom. The van der Waals surface area contributed by atoms with Gasteiger partial charge in [0.25, 0.3) is 0 Å². The fraction of sp³-hybridized carbons (Fsp3) is 0.667. The van der Waals surface area contributed by atoms with Crippen molar-refractivity contribution in [2.75, 3.05) is 0 Å². The summed E-state index contributed by atoms with van der Waals surface area (Å²) < 4.78 is 0. The molecule has 2 amide bonds. The van der Waals surface area contributed by atoms with Crippen LogP contribution in [0.1, 0.15) is 12.8 Å². The first-order chi connectivity index (χ1) is 6.36. The summed E-state index contributed by atoms with van der Waals surface area (Å²) in [5, 5.41) is 7.40. The van der Waals surface area contributed by atoms with Gasteiger partial charge in [-0.05, 0) is 12.8 Å². The van der Waals surface area contributed by atoms with Gasteiger partial charge >= 0.3 is 6.03 Å². The van der Waals surface area contributed by atoms with Crippen molar-refractivity contribution in [3.05, 3.63) is 0 Å². The van der Waals surface area contributed by atoms with Gasteiger partial charge in [-0.25, -0.2) is 20.2 Å². The molecule has 0 aromatic heterocycles. The van der Waals surface area contributed by atoms with Crippen LogP contribution in [0.4, 0.5) is 4.79 Å². The van der Waals surface area contributed by atoms with Gasteiger partial charge in [0.1, 0.15) is 18.7 Å². The maximum Gasteiger partial charge on any atom is 0.352 e. The summed E-state index contributed by atoms with van der Waals surface area (Å²) >= 11 is 0. The van der Waals surface area contributed by atoms with Gasteiger partial charge in [0.15, 0.2) is 0 Å². The standard InChI is InChI=1S/C6H10N6O/c13-6-10-9-5-2-1-4-8-7-3-11(4)12(5)6/h3-5,8-9H,1-2H2,(H,10,13). The summed E-state index contributed by atoms with van der Waals surface area (Å²) in [6.45, 7) is 0. The molecule has 70 valence electrons. The van der Waals surface area contributed by atoms with Gasteiger partial charge in [-0.1, -0.05) is 0 Å². The van der Waals surface area contributed by atoms with E-state index in [1.54, 1.807) is 11.3 Å². The fourth-order valence-corrected chi connectivity index (χ4v) is 1.90. The van der Waals surface area contributed by atoms with Gasteiger partial charge in [0.05, 0.1) is 0 Å². The number of hydrogen-bond acceptors (Lipinski definition) is 5. The van der Waals surface area contributed by atoms with Crippen molar-refractivity contribution in [3.63, 3.8) is 0 Å². The fourth-order valence-electron chi connectivity index (χ4n) is 1.90. The SMILES string of the molecule is O=C1NNC2CCC3NN=CN3N12. The molecule has 0 aromatic carbocycles. The smallest absolute Gasteiger partial charge is 0.284 e. The van der Waals surface area contributed by atoms with E-state index in [9.17, 15) is 4.79 Å². The number of amides is 2. The van der Waals surface area contributed by atoms with Crippen molar-refractivity contribution in [3.8, 4) is 0 Å². The van der Waals surface area contributed by atoms with Gasteiger partial charge in [0.2, 0.25) is 0 Å². The Kier molecular flexibility index (Phi) is 1.21. The lowest BCUT2D eigenvalue weighted by atomic mass is 10.2. The van der Waals surface area contributed by atoms with Crippen LogP contribution in [0.5, 0.6) is 0 Å². The minimum atomic E-state index is -0.121. The molecular formula is C6H10N6O. The van der Waals surface area contributed by atoms with Crippen LogP contribution in [0.2, 0.25) is 0 Å². The summed E-state index contributed by atoms with van der Waals surface area (Å²) in [7, 11) is 0. The lowest BCUT2D eigenvalue weighted by molar-refractivity contribution is -0.0122. The van der Waals surface area contributed by atoms with E-state index < -0.39 is 0 Å². The molecular weight excluding hydrogens is 172 g/mol. The van der Waals surface area contributed by atoms with E-state index in [1.165, 1.54) is 0 Å². The third kappa shape index (κ3) is 0.816. The van der Waals surface area contributed by atoms with E-state index in [1.807, 2.05) is 5.01 Å². The zero-order valence-corrected chi connectivity index (χ0v) is 6.90. The highest BCUT2D eigenvalue weighted by Crippen LogP contribution is 2.23. The number of hydrogen-bond donors (Lipinski definition) is 3. The summed E-state index contributed by atoms with van der Waals surface area (Å²) in [4.78, 5) is 11.4. The number of fused-ring (bicyclic) bond motifs is 3. The maximum atomic E-state index is 11.4. The normalized spacial score (nSPS) is 35.5. The molecule has 3 rings (SSSR count). The van der Waals surface area contributed by atoms with Crippen LogP contribution in [0.3, 0.4) is 0 Å². The Labute approximate surface area is 74.7 Å². The lowest BCUT2D eigenvalue weighted by Crippen LogP contribution is -2.57. The maximum absolute atomic E-state index is 11.4. The number of nitrogens with one attached hydrogen (secondary N) is 3. The number of carbonyl (C=O) groups is 1. The Morgan fingerprint density at radius 3 is 3.23 bits per heavy atom. The highest BCUT2D eigenvalue weighted by molar-refractivity contribution is 5.77. The van der Waals surface area contributed by atoms with Gasteiger partial charge in [0, 0.05) is 0 Å². The first-order valence-electron chi connectivity index (χ1n) is 4.28. The second kappa shape index (κ2) is 2.25. The number of hydrazone groups is 1. The molecule has 3 aliphatic rings. The van der Waals surface area contributed by atoms with Crippen molar-refractivity contribution in [2.45, 2.75) is 25.2 Å². The second-order valence-corrected chi connectivity index (χ2v) is 3.28. The predicted molar refractivity (Wildman–Crippen MR) is 43.8 cm³/mol. The van der Waals surface area contributed by atoms with Crippen LogP contribution in [0.15, 0.2) is 5.10 Å². The Morgan fingerprint density at radius 2 is 2.31 bits per heavy atom. The molecule has 7 heteroatoms. The molecule has 0 aromatic rings. The quantitative estimate of drug-likeness (QED) is 0.436. The zero-order chi connectivity index (χ0) is 8.84. The molecule has 2 fully saturated rings. The molecule has 13 heavy (non-hydrogen) atoms. The first kappa shape index (κ1) is 6.96. The molecule has 3 N–H and O–H groups in total. The van der Waals surface area contributed by atoms with Crippen molar-refractivity contribution in [1.82, 2.24) is 26.3 Å². The molecule has 0 bridgehead atoms. The number of urea groups is 1. The van der Waals surface area contributed by atoms with Crippen LogP contribution >= 0.6 is 0 Å². The molecule has 3 aliphatic heterocycles. The van der Waals surface area contributed by atoms with Crippen molar-refractivity contribution in [1.29, 1.82) is 0 Å². The molecule has 2 saturated heterocycles. The monoisotopic (exact) mass is 182 g/mol. The molecule has 3 heterocycles. The van der Waals surface area contributed by atoms with Crippen molar-refractivity contribution >= 4 is 12.4 Å². The summed E-state index contributed by atoms with van der Waals surface area (Å²) in [6, 6.07) is -0.121. The van der Waals surface area contributed by atoms with E-state index in [0.717, 1.165) is 12.8 Å². The largest absolute Gasteiger partial charge is 0.352 e. The zero-order valence-electron chi connectivity index (χ0n) is 6.90. The molecule has 0 saturated carbocycles. The third-order valence-electron chi connectivity index (χ3n) is 2.53. The highest BCUT2D eigenvalue weighted by Gasteiger charge is 2.42. The van der Waals surface area contributed by atoms with Crippen LogP contribution < -0.4 is 16.3 Å². The van der Waals surface area contributed by atoms with Crippen LogP contribution in [0, 0.1) is 0 Å². The Balaban J connectivity index is 1.91. The van der Waals surface area contributed by atoms with Gasteiger partial charge in [-0.3, -0.25) is 10.9 Å². The molecule has 2 unspecified atom stereocenters. The van der Waals surface area contributed by atoms with Crippen LogP contribution in [0.25, 0.3) is 0 Å². The minimum absolute atomic E-state index is 0.0649. The van der Waals surface area contributed by atoms with Gasteiger partial charge in [-0.15, -0.1) is 0 Å². The number of hydrazine groups is 2. The van der Waals surface area contributed by atoms with Crippen molar-refractivity contribution < 1.29 is 4.79 Å². The summed E-state index contributed by atoms with van der Waals surface area (Å²) in [5.74, 6) is 0. The number of nitrogens with zero attached hydrogens (tertiary/aromatic N) is 3. The van der Waals surface area contributed by atoms with E-state index in [0.29, 0.717) is 0 Å². The number of carbonyl (C=O) groups excluding carboxylic acids is 1. The topological polar surface area (TPSA) is 72.0 Å². The van der Waals surface area contributed by atoms with E-state index in [2.05, 4.69) is 21.4 Å². The minimum Gasteiger partial charge on any atom is -0.284 e. The van der Waals surface area contributed by atoms with Crippen molar-refractivity contribution in [2.24, 2.45) is 5.10 Å². The molecule has 0 spiro atoms. The Hall–Kier alpha value is -1.50.